The maximum Gasteiger partial charge on any atom is 0.306 e. The first-order chi connectivity index (χ1) is 30.0. The highest BCUT2D eigenvalue weighted by molar-refractivity contribution is 5.71. The third-order valence-corrected chi connectivity index (χ3v) is 11.7. The van der Waals surface area contributed by atoms with Crippen LogP contribution in [0.15, 0.2) is 36.5 Å². The molecular weight excluding hydrogens is 757 g/mol. The van der Waals surface area contributed by atoms with E-state index in [2.05, 4.69) is 57.2 Å². The molecule has 0 aromatic rings. The molecule has 0 aromatic carbocycles. The first kappa shape index (κ1) is 58.6. The molecule has 6 nitrogen and oxygen atoms in total. The maximum atomic E-state index is 12.8. The first-order valence-corrected chi connectivity index (χ1v) is 26.5. The molecule has 356 valence electrons. The standard InChI is InChI=1S/C55H100O6/c1-4-7-10-13-16-19-22-25-27-28-31-33-36-39-42-45-48-54(57)60-51-52(50-59-53(56)47-44-41-38-35-32-29-24-21-18-15-12-9-6-3)61-55(58)49-46-43-40-37-34-30-26-23-20-17-14-11-8-5-2/h8,11,17,20,26,30,52H,4-7,9-10,12-16,18-19,21-25,27-29,31-51H2,1-3H3/b11-8-,20-17-,30-26-. The van der Waals surface area contributed by atoms with Crippen LogP contribution in [0.4, 0.5) is 0 Å². The number of esters is 3. The van der Waals surface area contributed by atoms with Gasteiger partial charge in [0.25, 0.3) is 0 Å². The average molecular weight is 857 g/mol. The Balaban J connectivity index is 4.36. The molecule has 1 atom stereocenters. The van der Waals surface area contributed by atoms with Crippen LogP contribution in [0, 0.1) is 0 Å². The minimum absolute atomic E-state index is 0.0770. The molecule has 0 amide bonds. The summed E-state index contributed by atoms with van der Waals surface area (Å²) in [6.07, 6.45) is 58.4. The van der Waals surface area contributed by atoms with E-state index in [0.717, 1.165) is 89.9 Å². The van der Waals surface area contributed by atoms with Crippen LogP contribution in [-0.2, 0) is 28.6 Å². The molecule has 0 aliphatic rings. The van der Waals surface area contributed by atoms with Crippen LogP contribution in [-0.4, -0.2) is 37.2 Å². The van der Waals surface area contributed by atoms with E-state index in [-0.39, 0.29) is 31.1 Å². The SMILES string of the molecule is CC/C=C\C/C=C\C/C=C\CCCCCCC(=O)OC(COC(=O)CCCCCCCCCCCCCCC)COC(=O)CCCCCCCCCCCCCCCCCC. The molecular formula is C55H100O6. The number of rotatable bonds is 48. The molecule has 0 bridgehead atoms. The van der Waals surface area contributed by atoms with Gasteiger partial charge in [-0.15, -0.1) is 0 Å². The molecule has 61 heavy (non-hydrogen) atoms. The zero-order valence-electron chi connectivity index (χ0n) is 40.7. The van der Waals surface area contributed by atoms with Gasteiger partial charge in [-0.2, -0.15) is 0 Å². The van der Waals surface area contributed by atoms with Gasteiger partial charge in [-0.05, 0) is 51.4 Å². The fourth-order valence-electron chi connectivity index (χ4n) is 7.69. The average Bonchev–Trinajstić information content (AvgIpc) is 3.26. The van der Waals surface area contributed by atoms with Crippen molar-refractivity contribution in [3.8, 4) is 0 Å². The molecule has 0 N–H and O–H groups in total. The fourth-order valence-corrected chi connectivity index (χ4v) is 7.69. The van der Waals surface area contributed by atoms with E-state index in [1.54, 1.807) is 0 Å². The van der Waals surface area contributed by atoms with Crippen molar-refractivity contribution >= 4 is 17.9 Å². The Bertz CT molecular complexity index is 1030. The third-order valence-electron chi connectivity index (χ3n) is 11.7. The summed E-state index contributed by atoms with van der Waals surface area (Å²) in [7, 11) is 0. The summed E-state index contributed by atoms with van der Waals surface area (Å²) < 4.78 is 16.8. The molecule has 1 unspecified atom stereocenters. The molecule has 0 saturated heterocycles. The Hall–Kier alpha value is -2.37. The Kier molecular flexibility index (Phi) is 48.3. The Morgan fingerprint density at radius 2 is 0.639 bits per heavy atom. The summed E-state index contributed by atoms with van der Waals surface area (Å²) >= 11 is 0. The summed E-state index contributed by atoms with van der Waals surface area (Å²) in [5, 5.41) is 0. The largest absolute Gasteiger partial charge is 0.462 e. The van der Waals surface area contributed by atoms with Crippen molar-refractivity contribution in [1.29, 1.82) is 0 Å². The predicted octanol–water partition coefficient (Wildman–Crippen LogP) is 17.3. The second-order valence-corrected chi connectivity index (χ2v) is 17.8. The smallest absolute Gasteiger partial charge is 0.306 e. The van der Waals surface area contributed by atoms with Gasteiger partial charge in [0.05, 0.1) is 0 Å². The monoisotopic (exact) mass is 857 g/mol. The molecule has 0 aromatic heterocycles. The van der Waals surface area contributed by atoms with Crippen molar-refractivity contribution in [3.63, 3.8) is 0 Å². The van der Waals surface area contributed by atoms with Crippen LogP contribution in [0.1, 0.15) is 278 Å². The second kappa shape index (κ2) is 50.3. The Morgan fingerprint density at radius 3 is 1.00 bits per heavy atom. The Morgan fingerprint density at radius 1 is 0.344 bits per heavy atom. The van der Waals surface area contributed by atoms with E-state index >= 15 is 0 Å². The summed E-state index contributed by atoms with van der Waals surface area (Å²) in [5.41, 5.74) is 0. The van der Waals surface area contributed by atoms with E-state index in [0.29, 0.717) is 19.3 Å². The minimum Gasteiger partial charge on any atom is -0.462 e. The summed E-state index contributed by atoms with van der Waals surface area (Å²) in [5.74, 6) is -0.886. The topological polar surface area (TPSA) is 78.9 Å². The van der Waals surface area contributed by atoms with Gasteiger partial charge in [0.1, 0.15) is 13.2 Å². The van der Waals surface area contributed by atoms with Gasteiger partial charge < -0.3 is 14.2 Å². The van der Waals surface area contributed by atoms with Crippen LogP contribution in [0.25, 0.3) is 0 Å². The highest BCUT2D eigenvalue weighted by Gasteiger charge is 2.19. The highest BCUT2D eigenvalue weighted by Crippen LogP contribution is 2.16. The Labute approximate surface area is 378 Å². The number of carbonyl (C=O) groups is 3. The van der Waals surface area contributed by atoms with E-state index in [1.165, 1.54) is 148 Å². The van der Waals surface area contributed by atoms with Crippen LogP contribution in [0.2, 0.25) is 0 Å². The lowest BCUT2D eigenvalue weighted by molar-refractivity contribution is -0.167. The van der Waals surface area contributed by atoms with Gasteiger partial charge in [-0.3, -0.25) is 14.4 Å². The van der Waals surface area contributed by atoms with E-state index in [1.807, 2.05) is 0 Å². The van der Waals surface area contributed by atoms with Crippen molar-refractivity contribution < 1.29 is 28.6 Å². The van der Waals surface area contributed by atoms with Crippen molar-refractivity contribution in [1.82, 2.24) is 0 Å². The predicted molar refractivity (Wildman–Crippen MR) is 261 cm³/mol. The van der Waals surface area contributed by atoms with Crippen molar-refractivity contribution in [2.45, 2.75) is 284 Å². The van der Waals surface area contributed by atoms with Crippen LogP contribution < -0.4 is 0 Å². The quantitative estimate of drug-likeness (QED) is 0.0262. The van der Waals surface area contributed by atoms with Crippen LogP contribution in [0.3, 0.4) is 0 Å². The van der Waals surface area contributed by atoms with Crippen LogP contribution in [0.5, 0.6) is 0 Å². The van der Waals surface area contributed by atoms with E-state index in [4.69, 9.17) is 14.2 Å². The number of unbranched alkanes of at least 4 members (excludes halogenated alkanes) is 31. The highest BCUT2D eigenvalue weighted by atomic mass is 16.6. The summed E-state index contributed by atoms with van der Waals surface area (Å²) in [6.45, 7) is 6.54. The lowest BCUT2D eigenvalue weighted by Crippen LogP contribution is -2.30. The van der Waals surface area contributed by atoms with Gasteiger partial charge >= 0.3 is 17.9 Å². The molecule has 0 aliphatic heterocycles. The van der Waals surface area contributed by atoms with Gasteiger partial charge in [0, 0.05) is 19.3 Å². The van der Waals surface area contributed by atoms with Gasteiger partial charge in [0.15, 0.2) is 6.10 Å². The maximum absolute atomic E-state index is 12.8. The third kappa shape index (κ3) is 48.5. The van der Waals surface area contributed by atoms with Gasteiger partial charge in [-0.25, -0.2) is 0 Å². The first-order valence-electron chi connectivity index (χ1n) is 26.5. The van der Waals surface area contributed by atoms with E-state index in [9.17, 15) is 14.4 Å². The van der Waals surface area contributed by atoms with Crippen LogP contribution >= 0.6 is 0 Å². The molecule has 0 aliphatic carbocycles. The van der Waals surface area contributed by atoms with E-state index < -0.39 is 6.10 Å². The number of hydrogen-bond donors (Lipinski definition) is 0. The number of allylic oxidation sites excluding steroid dienone is 6. The van der Waals surface area contributed by atoms with Crippen molar-refractivity contribution in [2.75, 3.05) is 13.2 Å². The number of carbonyl (C=O) groups excluding carboxylic acids is 3. The second-order valence-electron chi connectivity index (χ2n) is 17.8. The van der Waals surface area contributed by atoms with Crippen molar-refractivity contribution in [2.24, 2.45) is 0 Å². The molecule has 0 radical (unpaired) electrons. The molecule has 0 fully saturated rings. The van der Waals surface area contributed by atoms with Gasteiger partial charge in [0.2, 0.25) is 0 Å². The molecule has 0 spiro atoms. The van der Waals surface area contributed by atoms with Gasteiger partial charge in [-0.1, -0.05) is 243 Å². The zero-order valence-corrected chi connectivity index (χ0v) is 40.7. The number of hydrogen-bond acceptors (Lipinski definition) is 6. The minimum atomic E-state index is -0.778. The molecule has 6 heteroatoms. The lowest BCUT2D eigenvalue weighted by Gasteiger charge is -2.18. The fraction of sp³-hybridized carbons (Fsp3) is 0.836. The zero-order chi connectivity index (χ0) is 44.4. The van der Waals surface area contributed by atoms with Crippen molar-refractivity contribution in [3.05, 3.63) is 36.5 Å². The molecule has 0 heterocycles. The summed E-state index contributed by atoms with van der Waals surface area (Å²) in [6, 6.07) is 0. The molecule has 0 rings (SSSR count). The summed E-state index contributed by atoms with van der Waals surface area (Å²) in [4.78, 5) is 38.0. The molecule has 0 saturated carbocycles. The normalized spacial score (nSPS) is 12.2. The number of ether oxygens (including phenoxy) is 3. The lowest BCUT2D eigenvalue weighted by atomic mass is 10.0.